The number of aromatic nitrogens is 1. The van der Waals surface area contributed by atoms with E-state index in [1.54, 1.807) is 0 Å². The Morgan fingerprint density at radius 2 is 1.77 bits per heavy atom. The van der Waals surface area contributed by atoms with E-state index < -0.39 is 38.7 Å². The van der Waals surface area contributed by atoms with Gasteiger partial charge in [-0.3, -0.25) is 14.4 Å². The predicted octanol–water partition coefficient (Wildman–Crippen LogP) is 5.47. The maximum Gasteiger partial charge on any atom is 0.490 e. The van der Waals surface area contributed by atoms with Crippen molar-refractivity contribution in [3.8, 4) is 5.75 Å². The number of nitrogens with one attached hydrogen (secondary N) is 1. The van der Waals surface area contributed by atoms with E-state index in [1.165, 1.54) is 23.4 Å². The SMILES string of the molecule is Cc1c(OC2CCN(C(C)c3ccccc3)CC2)cc(F)c(S(=O)(=O)Nc2cscn2)c1F.O=C(O)C(F)(F)F.O=CO. The second kappa shape index (κ2) is 15.6. The summed E-state index contributed by atoms with van der Waals surface area (Å²) in [6, 6.07) is 11.4. The molecule has 10 nitrogen and oxygen atoms in total. The molecule has 0 radical (unpaired) electrons. The Labute approximate surface area is 247 Å². The van der Waals surface area contributed by atoms with E-state index in [9.17, 15) is 30.4 Å². The predicted molar refractivity (Wildman–Crippen MR) is 146 cm³/mol. The molecule has 3 N–H and O–H groups in total. The van der Waals surface area contributed by atoms with Gasteiger partial charge in [-0.25, -0.2) is 27.0 Å². The molecule has 1 unspecified atom stereocenters. The molecule has 1 fully saturated rings. The number of sulfonamides is 1. The summed E-state index contributed by atoms with van der Waals surface area (Å²) in [6.45, 7) is 4.87. The molecule has 1 aliphatic rings. The van der Waals surface area contributed by atoms with Crippen molar-refractivity contribution in [1.82, 2.24) is 9.88 Å². The Bertz CT molecular complexity index is 1450. The lowest BCUT2D eigenvalue weighted by Gasteiger charge is -2.36. The number of likely N-dealkylation sites (tertiary alicyclic amines) is 1. The summed E-state index contributed by atoms with van der Waals surface area (Å²) in [5.41, 5.74) is 2.61. The smallest absolute Gasteiger partial charge is 0.490 e. The fourth-order valence-corrected chi connectivity index (χ4v) is 5.75. The van der Waals surface area contributed by atoms with Crippen LogP contribution in [0.3, 0.4) is 0 Å². The molecule has 1 aliphatic heterocycles. The molecule has 0 amide bonds. The van der Waals surface area contributed by atoms with Crippen molar-refractivity contribution in [1.29, 1.82) is 0 Å². The number of rotatable bonds is 7. The number of ether oxygens (including phenoxy) is 1. The van der Waals surface area contributed by atoms with Crippen LogP contribution in [0.2, 0.25) is 0 Å². The molecule has 2 heterocycles. The van der Waals surface area contributed by atoms with Crippen molar-refractivity contribution >= 4 is 39.6 Å². The van der Waals surface area contributed by atoms with Crippen LogP contribution in [0.25, 0.3) is 0 Å². The third-order valence-corrected chi connectivity index (χ3v) is 8.13. The quantitative estimate of drug-likeness (QED) is 0.223. The number of carboxylic acid groups (broad SMARTS) is 2. The summed E-state index contributed by atoms with van der Waals surface area (Å²) in [4.78, 5) is 22.4. The maximum absolute atomic E-state index is 15.0. The number of anilines is 1. The highest BCUT2D eigenvalue weighted by Gasteiger charge is 2.38. The molecule has 3 aromatic rings. The summed E-state index contributed by atoms with van der Waals surface area (Å²) in [5.74, 6) is -5.10. The Hall–Kier alpha value is -3.83. The minimum atomic E-state index is -5.08. The first-order valence-electron chi connectivity index (χ1n) is 12.4. The lowest BCUT2D eigenvalue weighted by Crippen LogP contribution is -2.39. The van der Waals surface area contributed by atoms with Crippen molar-refractivity contribution in [3.63, 3.8) is 0 Å². The monoisotopic (exact) mass is 653 g/mol. The maximum atomic E-state index is 15.0. The van der Waals surface area contributed by atoms with Crippen LogP contribution in [0.4, 0.5) is 27.8 Å². The molecule has 4 rings (SSSR count). The topological polar surface area (TPSA) is 146 Å². The van der Waals surface area contributed by atoms with Gasteiger partial charge in [-0.05, 0) is 32.3 Å². The number of benzene rings is 2. The first kappa shape index (κ1) is 35.4. The van der Waals surface area contributed by atoms with Gasteiger partial charge in [0.25, 0.3) is 16.5 Å². The second-order valence-corrected chi connectivity index (χ2v) is 11.3. The fourth-order valence-electron chi connectivity index (χ4n) is 4.00. The molecule has 43 heavy (non-hydrogen) atoms. The Morgan fingerprint density at radius 1 is 1.21 bits per heavy atom. The fraction of sp³-hybridized carbons (Fsp3) is 0.346. The molecule has 2 aromatic carbocycles. The number of hydrogen-bond donors (Lipinski definition) is 3. The van der Waals surface area contributed by atoms with Crippen molar-refractivity contribution in [2.45, 2.75) is 49.9 Å². The van der Waals surface area contributed by atoms with Gasteiger partial charge in [0.05, 0.1) is 5.51 Å². The van der Waals surface area contributed by atoms with Gasteiger partial charge in [-0.2, -0.15) is 13.2 Å². The zero-order valence-corrected chi connectivity index (χ0v) is 24.3. The number of carbonyl (C=O) groups is 2. The van der Waals surface area contributed by atoms with Gasteiger partial charge in [0.15, 0.2) is 16.5 Å². The van der Waals surface area contributed by atoms with Gasteiger partial charge in [-0.15, -0.1) is 11.3 Å². The van der Waals surface area contributed by atoms with Crippen molar-refractivity contribution in [2.24, 2.45) is 0 Å². The largest absolute Gasteiger partial charge is 0.490 e. The van der Waals surface area contributed by atoms with Gasteiger partial charge < -0.3 is 14.9 Å². The van der Waals surface area contributed by atoms with Gasteiger partial charge in [0.1, 0.15) is 17.7 Å². The van der Waals surface area contributed by atoms with Crippen LogP contribution in [0, 0.1) is 18.6 Å². The molecular formula is C26H28F5N3O7S2. The van der Waals surface area contributed by atoms with Crippen LogP contribution in [-0.4, -0.2) is 66.3 Å². The third-order valence-electron chi connectivity index (χ3n) is 6.16. The lowest BCUT2D eigenvalue weighted by molar-refractivity contribution is -0.192. The summed E-state index contributed by atoms with van der Waals surface area (Å²) in [6.07, 6.45) is -3.89. The number of nitrogens with zero attached hydrogens (tertiary/aromatic N) is 2. The summed E-state index contributed by atoms with van der Waals surface area (Å²) < 4.78 is 94.6. The molecule has 0 saturated carbocycles. The van der Waals surface area contributed by atoms with Gasteiger partial charge in [0, 0.05) is 36.1 Å². The normalized spacial score (nSPS) is 14.8. The average molecular weight is 654 g/mol. The van der Waals surface area contributed by atoms with Crippen molar-refractivity contribution in [2.75, 3.05) is 17.8 Å². The van der Waals surface area contributed by atoms with Crippen LogP contribution in [0.1, 0.15) is 36.9 Å². The average Bonchev–Trinajstić information content (AvgIpc) is 3.44. The van der Waals surface area contributed by atoms with Gasteiger partial charge in [-0.1, -0.05) is 30.3 Å². The molecule has 17 heteroatoms. The van der Waals surface area contributed by atoms with E-state index in [1.807, 2.05) is 18.2 Å². The van der Waals surface area contributed by atoms with Crippen LogP contribution in [0.15, 0.2) is 52.2 Å². The number of halogens is 5. The minimum Gasteiger partial charge on any atom is -0.490 e. The zero-order chi connectivity index (χ0) is 32.4. The second-order valence-electron chi connectivity index (χ2n) is 8.95. The Kier molecular flexibility index (Phi) is 12.8. The first-order valence-corrected chi connectivity index (χ1v) is 14.8. The summed E-state index contributed by atoms with van der Waals surface area (Å²) in [7, 11) is -4.48. The molecule has 0 aliphatic carbocycles. The van der Waals surface area contributed by atoms with Crippen LogP contribution < -0.4 is 9.46 Å². The number of carboxylic acids is 1. The van der Waals surface area contributed by atoms with Crippen molar-refractivity contribution in [3.05, 3.63) is 70.1 Å². The number of aliphatic carboxylic acids is 1. The number of piperidine rings is 1. The van der Waals surface area contributed by atoms with Crippen LogP contribution in [0.5, 0.6) is 5.75 Å². The van der Waals surface area contributed by atoms with E-state index in [0.29, 0.717) is 12.8 Å². The first-order chi connectivity index (χ1) is 20.1. The summed E-state index contributed by atoms with van der Waals surface area (Å²) >= 11 is 1.16. The number of thiazole rings is 1. The zero-order valence-electron chi connectivity index (χ0n) is 22.7. The lowest BCUT2D eigenvalue weighted by atomic mass is 10.0. The minimum absolute atomic E-state index is 0.00766. The van der Waals surface area contributed by atoms with Gasteiger partial charge >= 0.3 is 12.1 Å². The van der Waals surface area contributed by atoms with Crippen LogP contribution in [-0.2, 0) is 19.6 Å². The highest BCUT2D eigenvalue weighted by Crippen LogP contribution is 2.33. The Balaban J connectivity index is 0.000000560. The highest BCUT2D eigenvalue weighted by molar-refractivity contribution is 7.92. The number of hydrogen-bond acceptors (Lipinski definition) is 8. The molecule has 236 valence electrons. The van der Waals surface area contributed by atoms with Gasteiger partial charge in [0.2, 0.25) is 0 Å². The molecule has 0 spiro atoms. The molecule has 1 atom stereocenters. The van der Waals surface area contributed by atoms with E-state index in [0.717, 1.165) is 30.5 Å². The Morgan fingerprint density at radius 3 is 2.26 bits per heavy atom. The van der Waals surface area contributed by atoms with E-state index in [-0.39, 0.29) is 35.7 Å². The molecule has 1 aromatic heterocycles. The summed E-state index contributed by atoms with van der Waals surface area (Å²) in [5, 5.41) is 15.4. The standard InChI is InChI=1S/C23H25F2N3O3S2.C2HF3O2.CH2O2/c1-15-20(12-19(24)23(22(15)25)33(29,30)27-21-13-32-14-26-21)31-18-8-10-28(11-9-18)16(2)17-6-4-3-5-7-17;3-2(4,5)1(6)7;2-1-3/h3-7,12-14,16,18,27H,8-11H2,1-2H3;(H,6,7);1H,(H,2,3). The van der Waals surface area contributed by atoms with Crippen LogP contribution >= 0.6 is 11.3 Å². The third kappa shape index (κ3) is 10.1. The van der Waals surface area contributed by atoms with E-state index in [4.69, 9.17) is 24.5 Å². The molecular weight excluding hydrogens is 625 g/mol. The van der Waals surface area contributed by atoms with E-state index in [2.05, 4.69) is 33.7 Å². The molecule has 0 bridgehead atoms. The highest BCUT2D eigenvalue weighted by atomic mass is 32.2. The van der Waals surface area contributed by atoms with Crippen molar-refractivity contribution < 1.29 is 54.9 Å². The number of alkyl halides is 3. The van der Waals surface area contributed by atoms with E-state index >= 15 is 0 Å². The molecule has 1 saturated heterocycles.